The Hall–Kier alpha value is -1.83. The molecule has 1 aromatic rings. The molecule has 1 heterocycles. The zero-order chi connectivity index (χ0) is 19.5. The minimum atomic E-state index is -0.550. The van der Waals surface area contributed by atoms with E-state index in [9.17, 15) is 9.90 Å². The number of β-amino-alcohol motifs (C(OH)–C–C–N with tert-alkyl or cyclic N) is 1. The van der Waals surface area contributed by atoms with E-state index in [4.69, 9.17) is 15.2 Å². The monoisotopic (exact) mass is 379 g/mol. The molecule has 4 N–H and O–H groups in total. The normalized spacial score (nSPS) is 17.0. The second kappa shape index (κ2) is 11.8. The van der Waals surface area contributed by atoms with Gasteiger partial charge in [-0.25, -0.2) is 0 Å². The lowest BCUT2D eigenvalue weighted by molar-refractivity contribution is -0.117. The standard InChI is InChI=1S/C20H33N3O4/c1-26-18-8-7-16(12-22-13-20(21)25)11-19(18)27-15-17(24)14-23-9-5-3-2-4-6-10-23/h7-8,11,17,22,24H,2-6,9-10,12-15H2,1H3,(H2,21,25). The van der Waals surface area contributed by atoms with E-state index in [2.05, 4.69) is 10.2 Å². The van der Waals surface area contributed by atoms with Crippen molar-refractivity contribution in [3.63, 3.8) is 0 Å². The van der Waals surface area contributed by atoms with E-state index in [1.165, 1.54) is 32.1 Å². The molecule has 1 fully saturated rings. The molecular weight excluding hydrogens is 346 g/mol. The molecule has 1 amide bonds. The predicted octanol–water partition coefficient (Wildman–Crippen LogP) is 1.28. The molecule has 0 aliphatic carbocycles. The van der Waals surface area contributed by atoms with Gasteiger partial charge in [-0.2, -0.15) is 0 Å². The summed E-state index contributed by atoms with van der Waals surface area (Å²) in [4.78, 5) is 13.1. The highest BCUT2D eigenvalue weighted by atomic mass is 16.5. The molecule has 1 saturated heterocycles. The second-order valence-electron chi connectivity index (χ2n) is 7.09. The Morgan fingerprint density at radius 1 is 1.22 bits per heavy atom. The summed E-state index contributed by atoms with van der Waals surface area (Å²) in [6.45, 7) is 3.55. The first-order chi connectivity index (χ1) is 13.1. The number of methoxy groups -OCH3 is 1. The van der Waals surface area contributed by atoms with E-state index in [1.807, 2.05) is 18.2 Å². The van der Waals surface area contributed by atoms with E-state index in [0.29, 0.717) is 24.6 Å². The Kier molecular flexibility index (Phi) is 9.38. The third kappa shape index (κ3) is 8.15. The molecule has 1 aliphatic rings. The summed E-state index contributed by atoms with van der Waals surface area (Å²) in [5.41, 5.74) is 6.08. The van der Waals surface area contributed by atoms with Crippen LogP contribution in [-0.4, -0.2) is 61.9 Å². The fraction of sp³-hybridized carbons (Fsp3) is 0.650. The van der Waals surface area contributed by atoms with Crippen LogP contribution in [0.4, 0.5) is 0 Å². The number of likely N-dealkylation sites (tertiary alicyclic amines) is 1. The van der Waals surface area contributed by atoms with Crippen molar-refractivity contribution < 1.29 is 19.4 Å². The summed E-state index contributed by atoms with van der Waals surface area (Å²) < 4.78 is 11.2. The number of aliphatic hydroxyl groups excluding tert-OH is 1. The Labute approximate surface area is 161 Å². The number of nitrogens with one attached hydrogen (secondary N) is 1. The molecule has 0 saturated carbocycles. The number of ether oxygens (including phenoxy) is 2. The van der Waals surface area contributed by atoms with Crippen LogP contribution in [0.3, 0.4) is 0 Å². The Bertz CT molecular complexity index is 574. The first-order valence-corrected chi connectivity index (χ1v) is 9.77. The van der Waals surface area contributed by atoms with Gasteiger partial charge in [-0.1, -0.05) is 25.3 Å². The van der Waals surface area contributed by atoms with Gasteiger partial charge in [0.2, 0.25) is 5.91 Å². The molecule has 7 heteroatoms. The van der Waals surface area contributed by atoms with Crippen LogP contribution in [0.2, 0.25) is 0 Å². The summed E-state index contributed by atoms with van der Waals surface area (Å²) in [6.07, 6.45) is 5.71. The number of benzene rings is 1. The molecule has 0 aromatic heterocycles. The van der Waals surface area contributed by atoms with Crippen molar-refractivity contribution in [2.45, 2.75) is 44.8 Å². The number of nitrogens with two attached hydrogens (primary N) is 1. The largest absolute Gasteiger partial charge is 0.493 e. The predicted molar refractivity (Wildman–Crippen MR) is 105 cm³/mol. The number of carbonyl (C=O) groups excluding carboxylic acids is 1. The van der Waals surface area contributed by atoms with Crippen LogP contribution >= 0.6 is 0 Å². The summed E-state index contributed by atoms with van der Waals surface area (Å²) >= 11 is 0. The Morgan fingerprint density at radius 2 is 1.93 bits per heavy atom. The zero-order valence-electron chi connectivity index (χ0n) is 16.3. The Balaban J connectivity index is 1.85. The topological polar surface area (TPSA) is 97.0 Å². The second-order valence-corrected chi connectivity index (χ2v) is 7.09. The van der Waals surface area contributed by atoms with Gasteiger partial charge in [0.25, 0.3) is 0 Å². The van der Waals surface area contributed by atoms with Crippen molar-refractivity contribution in [1.82, 2.24) is 10.2 Å². The zero-order valence-corrected chi connectivity index (χ0v) is 16.3. The lowest BCUT2D eigenvalue weighted by atomic mass is 10.1. The first kappa shape index (κ1) is 21.5. The number of aliphatic hydroxyl groups is 1. The molecule has 1 unspecified atom stereocenters. The maximum absolute atomic E-state index is 10.8. The average molecular weight is 380 g/mol. The minimum absolute atomic E-state index is 0.122. The molecule has 0 spiro atoms. The quantitative estimate of drug-likeness (QED) is 0.567. The van der Waals surface area contributed by atoms with Crippen molar-refractivity contribution >= 4 is 5.91 Å². The van der Waals surface area contributed by atoms with Crippen LogP contribution in [0, 0.1) is 0 Å². The fourth-order valence-electron chi connectivity index (χ4n) is 3.31. The van der Waals surface area contributed by atoms with Crippen LogP contribution in [-0.2, 0) is 11.3 Å². The van der Waals surface area contributed by atoms with Gasteiger partial charge in [-0.05, 0) is 43.6 Å². The maximum atomic E-state index is 10.8. The van der Waals surface area contributed by atoms with E-state index < -0.39 is 12.0 Å². The maximum Gasteiger partial charge on any atom is 0.231 e. The van der Waals surface area contributed by atoms with E-state index in [1.54, 1.807) is 7.11 Å². The van der Waals surface area contributed by atoms with Gasteiger partial charge < -0.3 is 30.5 Å². The highest BCUT2D eigenvalue weighted by molar-refractivity contribution is 5.75. The third-order valence-corrected chi connectivity index (χ3v) is 4.71. The fourth-order valence-corrected chi connectivity index (χ4v) is 3.31. The van der Waals surface area contributed by atoms with Crippen molar-refractivity contribution in [3.05, 3.63) is 23.8 Å². The van der Waals surface area contributed by atoms with E-state index in [-0.39, 0.29) is 13.2 Å². The molecule has 152 valence electrons. The van der Waals surface area contributed by atoms with Gasteiger partial charge in [-0.15, -0.1) is 0 Å². The highest BCUT2D eigenvalue weighted by Crippen LogP contribution is 2.28. The number of nitrogens with zero attached hydrogens (tertiary/aromatic N) is 1. The van der Waals surface area contributed by atoms with Crippen molar-refractivity contribution in [1.29, 1.82) is 0 Å². The number of carbonyl (C=O) groups is 1. The summed E-state index contributed by atoms with van der Waals surface area (Å²) in [5.74, 6) is 0.807. The molecule has 0 radical (unpaired) electrons. The van der Waals surface area contributed by atoms with Crippen molar-refractivity contribution in [3.8, 4) is 11.5 Å². The smallest absolute Gasteiger partial charge is 0.231 e. The number of rotatable bonds is 10. The van der Waals surface area contributed by atoms with E-state index >= 15 is 0 Å². The lowest BCUT2D eigenvalue weighted by Gasteiger charge is -2.26. The van der Waals surface area contributed by atoms with Gasteiger partial charge in [0.1, 0.15) is 12.7 Å². The molecule has 1 atom stereocenters. The average Bonchev–Trinajstić information content (AvgIpc) is 2.62. The molecular formula is C20H33N3O4. The van der Waals surface area contributed by atoms with Gasteiger partial charge in [0.05, 0.1) is 13.7 Å². The van der Waals surface area contributed by atoms with Crippen LogP contribution in [0.15, 0.2) is 18.2 Å². The molecule has 7 nitrogen and oxygen atoms in total. The number of primary amides is 1. The van der Waals surface area contributed by atoms with Crippen LogP contribution in [0.25, 0.3) is 0 Å². The molecule has 1 aliphatic heterocycles. The molecule has 2 rings (SSSR count). The van der Waals surface area contributed by atoms with Gasteiger partial charge >= 0.3 is 0 Å². The molecule has 0 bridgehead atoms. The summed E-state index contributed by atoms with van der Waals surface area (Å²) in [6, 6.07) is 5.58. The first-order valence-electron chi connectivity index (χ1n) is 9.77. The van der Waals surface area contributed by atoms with Gasteiger partial charge in [0, 0.05) is 13.1 Å². The Morgan fingerprint density at radius 3 is 2.59 bits per heavy atom. The van der Waals surface area contributed by atoms with Crippen LogP contribution in [0.5, 0.6) is 11.5 Å². The van der Waals surface area contributed by atoms with Crippen molar-refractivity contribution in [2.75, 3.05) is 39.9 Å². The van der Waals surface area contributed by atoms with Crippen LogP contribution < -0.4 is 20.5 Å². The number of amides is 1. The lowest BCUT2D eigenvalue weighted by Crippen LogP contribution is -2.37. The van der Waals surface area contributed by atoms with Crippen LogP contribution in [0.1, 0.15) is 37.7 Å². The summed E-state index contributed by atoms with van der Waals surface area (Å²) in [5, 5.41) is 13.4. The molecule has 1 aromatic carbocycles. The van der Waals surface area contributed by atoms with Gasteiger partial charge in [0.15, 0.2) is 11.5 Å². The number of hydrogen-bond acceptors (Lipinski definition) is 6. The van der Waals surface area contributed by atoms with E-state index in [0.717, 1.165) is 18.7 Å². The summed E-state index contributed by atoms with van der Waals surface area (Å²) in [7, 11) is 1.59. The third-order valence-electron chi connectivity index (χ3n) is 4.71. The SMILES string of the molecule is COc1ccc(CNCC(N)=O)cc1OCC(O)CN1CCCCCCC1. The number of hydrogen-bond donors (Lipinski definition) is 3. The molecule has 27 heavy (non-hydrogen) atoms. The highest BCUT2D eigenvalue weighted by Gasteiger charge is 2.15. The minimum Gasteiger partial charge on any atom is -0.493 e. The van der Waals surface area contributed by atoms with Gasteiger partial charge in [-0.3, -0.25) is 4.79 Å². The van der Waals surface area contributed by atoms with Crippen molar-refractivity contribution in [2.24, 2.45) is 5.73 Å².